The van der Waals surface area contributed by atoms with Gasteiger partial charge in [-0.15, -0.1) is 23.5 Å². The van der Waals surface area contributed by atoms with E-state index in [0.717, 1.165) is 0 Å². The van der Waals surface area contributed by atoms with E-state index in [1.54, 1.807) is 0 Å². The Balaban J connectivity index is 2.54. The minimum absolute atomic E-state index is 1.17. The van der Waals surface area contributed by atoms with Gasteiger partial charge in [0.2, 0.25) is 0 Å². The van der Waals surface area contributed by atoms with Crippen LogP contribution in [0.15, 0.2) is 28.0 Å². The molecule has 0 saturated heterocycles. The highest BCUT2D eigenvalue weighted by Gasteiger charge is 2.08. The van der Waals surface area contributed by atoms with E-state index >= 15 is 0 Å². The Hall–Kier alpha value is -0.0800. The van der Waals surface area contributed by atoms with Crippen LogP contribution < -0.4 is 0 Å². The third kappa shape index (κ3) is 0.970. The van der Waals surface area contributed by atoms with Gasteiger partial charge in [-0.1, -0.05) is 6.07 Å². The van der Waals surface area contributed by atoms with E-state index in [0.29, 0.717) is 0 Å². The Morgan fingerprint density at radius 1 is 1.33 bits per heavy atom. The molecule has 0 aliphatic carbocycles. The van der Waals surface area contributed by atoms with E-state index in [9.17, 15) is 0 Å². The molecule has 0 saturated carbocycles. The van der Waals surface area contributed by atoms with Gasteiger partial charge in [-0.2, -0.15) is 0 Å². The molecule has 45 valence electrons. The van der Waals surface area contributed by atoms with E-state index in [1.807, 2.05) is 29.6 Å². The van der Waals surface area contributed by atoms with Crippen molar-refractivity contribution in [3.05, 3.63) is 24.3 Å². The normalized spacial score (nSPS) is 15.6. The van der Waals surface area contributed by atoms with Gasteiger partial charge in [0, 0.05) is 14.9 Å². The van der Waals surface area contributed by atoms with Crippen LogP contribution in [0.3, 0.4) is 0 Å². The summed E-state index contributed by atoms with van der Waals surface area (Å²) in [5.41, 5.74) is 0. The zero-order valence-corrected chi connectivity index (χ0v) is 6.39. The van der Waals surface area contributed by atoms with Crippen molar-refractivity contribution in [2.75, 3.05) is 5.08 Å². The third-order valence-corrected chi connectivity index (χ3v) is 3.60. The molecule has 1 radical (unpaired) electrons. The van der Waals surface area contributed by atoms with Crippen molar-refractivity contribution in [1.29, 1.82) is 0 Å². The average Bonchev–Trinajstić information content (AvgIpc) is 2.33. The first-order valence-electron chi connectivity index (χ1n) is 2.72. The summed E-state index contributed by atoms with van der Waals surface area (Å²) in [5.74, 6) is 0. The van der Waals surface area contributed by atoms with Crippen molar-refractivity contribution < 1.29 is 0 Å². The maximum atomic E-state index is 3.06. The molecule has 0 aromatic heterocycles. The monoisotopic (exact) mass is 153 g/mol. The highest BCUT2D eigenvalue weighted by atomic mass is 32.2. The fourth-order valence-electron chi connectivity index (χ4n) is 0.789. The van der Waals surface area contributed by atoms with E-state index in [4.69, 9.17) is 0 Å². The Bertz CT molecular complexity index is 197. The van der Waals surface area contributed by atoms with Gasteiger partial charge in [-0.25, -0.2) is 0 Å². The fraction of sp³-hybridized carbons (Fsp3) is 0.143. The lowest BCUT2D eigenvalue weighted by Crippen LogP contribution is -1.66. The predicted molar refractivity (Wildman–Crippen MR) is 41.9 cm³/mol. The largest absolute Gasteiger partial charge is 0.114 e. The highest BCUT2D eigenvalue weighted by Crippen LogP contribution is 2.40. The molecule has 0 N–H and O–H groups in total. The molecule has 1 aliphatic rings. The van der Waals surface area contributed by atoms with E-state index in [2.05, 4.69) is 18.2 Å². The van der Waals surface area contributed by atoms with Crippen LogP contribution in [-0.4, -0.2) is 5.08 Å². The van der Waals surface area contributed by atoms with Crippen LogP contribution in [0, 0.1) is 6.07 Å². The lowest BCUT2D eigenvalue weighted by molar-refractivity contribution is 1.27. The minimum atomic E-state index is 1.17. The zero-order valence-electron chi connectivity index (χ0n) is 4.76. The van der Waals surface area contributed by atoms with Crippen molar-refractivity contribution in [3.8, 4) is 0 Å². The summed E-state index contributed by atoms with van der Waals surface area (Å²) >= 11 is 3.81. The number of hydrogen-bond acceptors (Lipinski definition) is 2. The summed E-state index contributed by atoms with van der Waals surface area (Å²) < 4.78 is 0. The van der Waals surface area contributed by atoms with Crippen LogP contribution in [0.5, 0.6) is 0 Å². The van der Waals surface area contributed by atoms with Crippen molar-refractivity contribution in [2.24, 2.45) is 0 Å². The SMILES string of the molecule is [c]1ccc2c(c1)SCS2. The molecule has 0 unspecified atom stereocenters. The fourth-order valence-corrected chi connectivity index (χ4v) is 3.12. The summed E-state index contributed by atoms with van der Waals surface area (Å²) in [4.78, 5) is 2.81. The maximum absolute atomic E-state index is 3.06. The van der Waals surface area contributed by atoms with Crippen molar-refractivity contribution in [1.82, 2.24) is 0 Å². The number of thioether (sulfide) groups is 2. The second-order valence-electron chi connectivity index (χ2n) is 1.78. The highest BCUT2D eigenvalue weighted by molar-refractivity contribution is 8.18. The Morgan fingerprint density at radius 3 is 3.11 bits per heavy atom. The molecule has 1 aromatic carbocycles. The standard InChI is InChI=1S/C7H5S2/c1-2-4-7-6(3-1)8-5-9-7/h1,3-4H,5H2. The molecule has 0 atom stereocenters. The lowest BCUT2D eigenvalue weighted by Gasteiger charge is -1.90. The number of fused-ring (bicyclic) bond motifs is 1. The second-order valence-corrected chi connectivity index (χ2v) is 4.18. The second kappa shape index (κ2) is 2.27. The maximum Gasteiger partial charge on any atom is 0.0487 e. The van der Waals surface area contributed by atoms with Gasteiger partial charge >= 0.3 is 0 Å². The molecular formula is C7H5S2. The smallest absolute Gasteiger partial charge is 0.0487 e. The first-order valence-corrected chi connectivity index (χ1v) is 4.69. The summed E-state index contributed by atoms with van der Waals surface area (Å²) in [7, 11) is 0. The topological polar surface area (TPSA) is 0 Å². The first-order chi connectivity index (χ1) is 4.47. The van der Waals surface area contributed by atoms with E-state index < -0.39 is 0 Å². The molecule has 0 nitrogen and oxygen atoms in total. The molecule has 9 heavy (non-hydrogen) atoms. The number of benzene rings is 1. The van der Waals surface area contributed by atoms with Crippen molar-refractivity contribution in [3.63, 3.8) is 0 Å². The average molecular weight is 153 g/mol. The van der Waals surface area contributed by atoms with Gasteiger partial charge in [-0.3, -0.25) is 0 Å². The summed E-state index contributed by atoms with van der Waals surface area (Å²) in [6, 6.07) is 9.21. The van der Waals surface area contributed by atoms with Gasteiger partial charge in [0.25, 0.3) is 0 Å². The number of rotatable bonds is 0. The van der Waals surface area contributed by atoms with Crippen molar-refractivity contribution in [2.45, 2.75) is 9.79 Å². The van der Waals surface area contributed by atoms with Crippen LogP contribution >= 0.6 is 23.5 Å². The molecule has 0 spiro atoms. The Labute approximate surface area is 63.0 Å². The molecule has 2 heteroatoms. The molecule has 0 amide bonds. The first kappa shape index (κ1) is 5.69. The summed E-state index contributed by atoms with van der Waals surface area (Å²) in [5, 5.41) is 1.17. The summed E-state index contributed by atoms with van der Waals surface area (Å²) in [6.07, 6.45) is 0. The lowest BCUT2D eigenvalue weighted by atomic mass is 10.4. The molecule has 0 bridgehead atoms. The van der Waals surface area contributed by atoms with Gasteiger partial charge in [-0.05, 0) is 18.2 Å². The molecule has 1 heterocycles. The predicted octanol–water partition coefficient (Wildman–Crippen LogP) is 2.64. The molecule has 2 rings (SSSR count). The van der Waals surface area contributed by atoms with Crippen LogP contribution in [0.2, 0.25) is 0 Å². The molecular weight excluding hydrogens is 148 g/mol. The number of hydrogen-bond donors (Lipinski definition) is 0. The molecule has 1 aliphatic heterocycles. The van der Waals surface area contributed by atoms with Crippen LogP contribution in [-0.2, 0) is 0 Å². The van der Waals surface area contributed by atoms with Gasteiger partial charge in [0.1, 0.15) is 0 Å². The minimum Gasteiger partial charge on any atom is -0.114 e. The van der Waals surface area contributed by atoms with Gasteiger partial charge in [0.15, 0.2) is 0 Å². The third-order valence-electron chi connectivity index (χ3n) is 1.22. The zero-order chi connectivity index (χ0) is 6.10. The Kier molecular flexibility index (Phi) is 1.44. The van der Waals surface area contributed by atoms with Crippen LogP contribution in [0.25, 0.3) is 0 Å². The quantitative estimate of drug-likeness (QED) is 0.562. The van der Waals surface area contributed by atoms with E-state index in [1.165, 1.54) is 14.9 Å². The Morgan fingerprint density at radius 2 is 2.22 bits per heavy atom. The van der Waals surface area contributed by atoms with Crippen LogP contribution in [0.1, 0.15) is 0 Å². The summed E-state index contributed by atoms with van der Waals surface area (Å²) in [6.45, 7) is 0. The van der Waals surface area contributed by atoms with Gasteiger partial charge < -0.3 is 0 Å². The molecule has 1 aromatic rings. The van der Waals surface area contributed by atoms with Crippen molar-refractivity contribution >= 4 is 23.5 Å². The van der Waals surface area contributed by atoms with E-state index in [-0.39, 0.29) is 0 Å². The van der Waals surface area contributed by atoms with Crippen LogP contribution in [0.4, 0.5) is 0 Å². The van der Waals surface area contributed by atoms with Gasteiger partial charge in [0.05, 0.1) is 0 Å². The molecule has 0 fully saturated rings.